The van der Waals surface area contributed by atoms with Gasteiger partial charge < -0.3 is 9.64 Å². The summed E-state index contributed by atoms with van der Waals surface area (Å²) in [7, 11) is 0. The van der Waals surface area contributed by atoms with Crippen LogP contribution < -0.4 is 0 Å². The molecule has 0 aromatic rings. The van der Waals surface area contributed by atoms with E-state index in [1.54, 1.807) is 0 Å². The number of esters is 1. The third-order valence-electron chi connectivity index (χ3n) is 3.18. The van der Waals surface area contributed by atoms with E-state index in [2.05, 4.69) is 11.5 Å². The molecule has 0 aliphatic carbocycles. The Morgan fingerprint density at radius 3 is 2.75 bits per heavy atom. The summed E-state index contributed by atoms with van der Waals surface area (Å²) in [4.78, 5) is 13.3. The monoisotopic (exact) mass is 241 g/mol. The molecule has 0 aromatic carbocycles. The average Bonchev–Trinajstić information content (AvgIpc) is 2.84. The van der Waals surface area contributed by atoms with E-state index < -0.39 is 0 Å². The Hall–Kier alpha value is -0.640. The molecule has 0 aromatic heterocycles. The zero-order valence-corrected chi connectivity index (χ0v) is 10.6. The molecule has 2 heterocycles. The van der Waals surface area contributed by atoms with Gasteiger partial charge in [0, 0.05) is 43.1 Å². The average molecular weight is 241 g/mol. The van der Waals surface area contributed by atoms with E-state index in [-0.39, 0.29) is 12.1 Å². The molecule has 3 nitrogen and oxygen atoms in total. The van der Waals surface area contributed by atoms with Gasteiger partial charge in [-0.05, 0) is 12.8 Å². The lowest BCUT2D eigenvalue weighted by atomic mass is 10.1. The van der Waals surface area contributed by atoms with Crippen LogP contribution in [0.5, 0.6) is 0 Å². The molecule has 2 unspecified atom stereocenters. The number of rotatable bonds is 3. The topological polar surface area (TPSA) is 29.5 Å². The largest absolute Gasteiger partial charge is 0.462 e. The molecule has 2 aliphatic heterocycles. The molecule has 0 N–H and O–H groups in total. The summed E-state index contributed by atoms with van der Waals surface area (Å²) < 4.78 is 5.23. The maximum atomic E-state index is 10.9. The van der Waals surface area contributed by atoms with Crippen molar-refractivity contribution in [1.82, 2.24) is 4.90 Å². The number of thioether (sulfide) groups is 1. The standard InChI is InChI=1S/C12H19NO2S/c1-9(13-5-3-4-6-13)12-7-11(8-16-12)15-10(2)14/h11-12H,1,3-8H2,2H3. The first-order valence-electron chi connectivity index (χ1n) is 5.89. The van der Waals surface area contributed by atoms with Crippen molar-refractivity contribution >= 4 is 17.7 Å². The van der Waals surface area contributed by atoms with Crippen LogP contribution in [0.2, 0.25) is 0 Å². The van der Waals surface area contributed by atoms with Crippen molar-refractivity contribution in [1.29, 1.82) is 0 Å². The number of nitrogens with zero attached hydrogens (tertiary/aromatic N) is 1. The van der Waals surface area contributed by atoms with Crippen LogP contribution in [-0.2, 0) is 9.53 Å². The summed E-state index contributed by atoms with van der Waals surface area (Å²) in [6, 6.07) is 0. The van der Waals surface area contributed by atoms with Crippen molar-refractivity contribution in [3.8, 4) is 0 Å². The predicted octanol–water partition coefficient (Wildman–Crippen LogP) is 2.03. The fourth-order valence-electron chi connectivity index (χ4n) is 2.36. The van der Waals surface area contributed by atoms with Gasteiger partial charge in [0.05, 0.1) is 0 Å². The smallest absolute Gasteiger partial charge is 0.302 e. The van der Waals surface area contributed by atoms with Gasteiger partial charge >= 0.3 is 5.97 Å². The Kier molecular flexibility index (Phi) is 3.79. The number of hydrogen-bond donors (Lipinski definition) is 0. The van der Waals surface area contributed by atoms with Gasteiger partial charge in [0.25, 0.3) is 0 Å². The lowest BCUT2D eigenvalue weighted by Gasteiger charge is -2.24. The summed E-state index contributed by atoms with van der Waals surface area (Å²) in [5, 5.41) is 0.447. The van der Waals surface area contributed by atoms with Crippen LogP contribution in [-0.4, -0.2) is 41.1 Å². The Bertz CT molecular complexity index is 287. The molecule has 0 spiro atoms. The first-order chi connectivity index (χ1) is 7.66. The molecule has 2 saturated heterocycles. The highest BCUT2D eigenvalue weighted by Crippen LogP contribution is 2.35. The number of ether oxygens (including phenoxy) is 1. The van der Waals surface area contributed by atoms with E-state index in [9.17, 15) is 4.79 Å². The molecule has 16 heavy (non-hydrogen) atoms. The lowest BCUT2D eigenvalue weighted by molar-refractivity contribution is -0.145. The molecule has 0 saturated carbocycles. The van der Waals surface area contributed by atoms with Gasteiger partial charge in [0.15, 0.2) is 0 Å². The Morgan fingerprint density at radius 1 is 1.44 bits per heavy atom. The van der Waals surface area contributed by atoms with Crippen molar-refractivity contribution in [2.75, 3.05) is 18.8 Å². The van der Waals surface area contributed by atoms with E-state index in [4.69, 9.17) is 4.74 Å². The summed E-state index contributed by atoms with van der Waals surface area (Å²) in [6.07, 6.45) is 3.58. The molecule has 2 atom stereocenters. The first-order valence-corrected chi connectivity index (χ1v) is 6.94. The van der Waals surface area contributed by atoms with Crippen LogP contribution in [0.25, 0.3) is 0 Å². The molecule has 2 rings (SSSR count). The SMILES string of the molecule is C=C(C1CC(OC(C)=O)CS1)N1CCCC1. The minimum atomic E-state index is -0.168. The third-order valence-corrected chi connectivity index (χ3v) is 4.61. The highest BCUT2D eigenvalue weighted by atomic mass is 32.2. The quantitative estimate of drug-likeness (QED) is 0.707. The lowest BCUT2D eigenvalue weighted by Crippen LogP contribution is -2.25. The summed E-state index contributed by atoms with van der Waals surface area (Å²) in [5.41, 5.74) is 1.23. The molecule has 2 fully saturated rings. The number of carbonyl (C=O) groups excluding carboxylic acids is 1. The van der Waals surface area contributed by atoms with E-state index in [1.807, 2.05) is 11.8 Å². The van der Waals surface area contributed by atoms with Crippen molar-refractivity contribution in [3.63, 3.8) is 0 Å². The van der Waals surface area contributed by atoms with Crippen LogP contribution in [0.15, 0.2) is 12.3 Å². The minimum absolute atomic E-state index is 0.0897. The predicted molar refractivity (Wildman–Crippen MR) is 66.4 cm³/mol. The zero-order chi connectivity index (χ0) is 11.5. The molecule has 0 amide bonds. The second kappa shape index (κ2) is 5.13. The summed E-state index contributed by atoms with van der Waals surface area (Å²) in [6.45, 7) is 7.97. The fraction of sp³-hybridized carbons (Fsp3) is 0.750. The highest BCUT2D eigenvalue weighted by Gasteiger charge is 2.31. The Labute approximate surface area is 101 Å². The van der Waals surface area contributed by atoms with E-state index in [1.165, 1.54) is 25.5 Å². The van der Waals surface area contributed by atoms with Crippen molar-refractivity contribution in [2.24, 2.45) is 0 Å². The number of hydrogen-bond acceptors (Lipinski definition) is 4. The van der Waals surface area contributed by atoms with Gasteiger partial charge in [-0.1, -0.05) is 6.58 Å². The zero-order valence-electron chi connectivity index (χ0n) is 9.78. The molecule has 0 radical (unpaired) electrons. The normalized spacial score (nSPS) is 29.4. The van der Waals surface area contributed by atoms with Crippen LogP contribution in [0.1, 0.15) is 26.2 Å². The second-order valence-electron chi connectivity index (χ2n) is 4.47. The van der Waals surface area contributed by atoms with E-state index >= 15 is 0 Å². The van der Waals surface area contributed by atoms with Gasteiger partial charge in [-0.3, -0.25) is 4.79 Å². The highest BCUT2D eigenvalue weighted by molar-refractivity contribution is 8.00. The van der Waals surface area contributed by atoms with Crippen molar-refractivity contribution < 1.29 is 9.53 Å². The Balaban J connectivity index is 1.83. The van der Waals surface area contributed by atoms with Gasteiger partial charge in [-0.15, -0.1) is 11.8 Å². The molecular formula is C12H19NO2S. The second-order valence-corrected chi connectivity index (χ2v) is 5.71. The Morgan fingerprint density at radius 2 is 2.12 bits per heavy atom. The van der Waals surface area contributed by atoms with Crippen LogP contribution in [0.3, 0.4) is 0 Å². The van der Waals surface area contributed by atoms with Gasteiger partial charge in [-0.2, -0.15) is 0 Å². The molecule has 90 valence electrons. The van der Waals surface area contributed by atoms with E-state index in [0.29, 0.717) is 5.25 Å². The summed E-state index contributed by atoms with van der Waals surface area (Å²) >= 11 is 1.87. The van der Waals surface area contributed by atoms with Gasteiger partial charge in [-0.25, -0.2) is 0 Å². The van der Waals surface area contributed by atoms with Crippen LogP contribution >= 0.6 is 11.8 Å². The summed E-state index contributed by atoms with van der Waals surface area (Å²) in [5.74, 6) is 0.745. The first kappa shape index (κ1) is 11.8. The number of likely N-dealkylation sites (tertiary alicyclic amines) is 1. The molecule has 4 heteroatoms. The van der Waals surface area contributed by atoms with E-state index in [0.717, 1.165) is 25.3 Å². The molecular weight excluding hydrogens is 222 g/mol. The third kappa shape index (κ3) is 2.73. The van der Waals surface area contributed by atoms with Crippen LogP contribution in [0, 0.1) is 0 Å². The van der Waals surface area contributed by atoms with Crippen molar-refractivity contribution in [2.45, 2.75) is 37.5 Å². The van der Waals surface area contributed by atoms with Crippen molar-refractivity contribution in [3.05, 3.63) is 12.3 Å². The maximum Gasteiger partial charge on any atom is 0.302 e. The minimum Gasteiger partial charge on any atom is -0.462 e. The van der Waals surface area contributed by atoms with Crippen LogP contribution in [0.4, 0.5) is 0 Å². The van der Waals surface area contributed by atoms with Gasteiger partial charge in [0.2, 0.25) is 0 Å². The molecule has 2 aliphatic rings. The maximum absolute atomic E-state index is 10.9. The fourth-order valence-corrected chi connectivity index (χ4v) is 3.70. The number of carbonyl (C=O) groups is 1. The van der Waals surface area contributed by atoms with Gasteiger partial charge in [0.1, 0.15) is 6.10 Å². The molecule has 0 bridgehead atoms.